The Hall–Kier alpha value is -1.61. The lowest BCUT2D eigenvalue weighted by atomic mass is 10.2. The minimum Gasteiger partial charge on any atom is -0.396 e. The van der Waals surface area contributed by atoms with E-state index < -0.39 is 10.1 Å². The van der Waals surface area contributed by atoms with Gasteiger partial charge in [0, 0.05) is 13.0 Å². The summed E-state index contributed by atoms with van der Waals surface area (Å²) in [6.45, 7) is 4.13. The Morgan fingerprint density at radius 3 is 2.33 bits per heavy atom. The molecule has 0 heterocycles. The topological polar surface area (TPSA) is 74.6 Å². The number of allylic oxidation sites excluding steroid dienone is 2. The first-order chi connectivity index (χ1) is 9.91. The van der Waals surface area contributed by atoms with Gasteiger partial charge in [-0.15, -0.1) is 0 Å². The van der Waals surface area contributed by atoms with Crippen molar-refractivity contribution >= 4 is 10.1 Å². The zero-order valence-electron chi connectivity index (χ0n) is 12.4. The molecule has 1 rings (SSSR count). The van der Waals surface area contributed by atoms with E-state index in [0.717, 1.165) is 24.8 Å². The molecule has 0 aliphatic rings. The summed E-state index contributed by atoms with van der Waals surface area (Å²) in [4.78, 5) is -0.0666. The van der Waals surface area contributed by atoms with Crippen LogP contribution < -0.4 is 0 Å². The summed E-state index contributed by atoms with van der Waals surface area (Å²) in [5.41, 5.74) is 0.956. The van der Waals surface area contributed by atoms with Crippen LogP contribution in [0.25, 0.3) is 0 Å². The van der Waals surface area contributed by atoms with Crippen LogP contribution in [0.15, 0.2) is 41.3 Å². The minimum atomic E-state index is -4.02. The maximum atomic E-state index is 10.5. The standard InChI is InChI=1S/C9H14O.C7H8O3S/c1-2-3-4-5-6-7-8-9-10;1-6-2-4-7(5-3-6)11(8,9)10/h5-6,10H,2,7-9H2,1H3;2-5H,1H3,(H,8,9,10). The number of aliphatic hydroxyl groups excluding tert-OH is 1. The highest BCUT2D eigenvalue weighted by atomic mass is 32.2. The van der Waals surface area contributed by atoms with Crippen LogP contribution >= 0.6 is 0 Å². The monoisotopic (exact) mass is 310 g/mol. The van der Waals surface area contributed by atoms with E-state index in [1.165, 1.54) is 12.1 Å². The minimum absolute atomic E-state index is 0.0666. The SMILES string of the molecule is CCC#CC=CCCCO.Cc1ccc(S(=O)(=O)O)cc1. The third-order valence-electron chi connectivity index (χ3n) is 2.33. The van der Waals surface area contributed by atoms with E-state index >= 15 is 0 Å². The molecule has 0 atom stereocenters. The zero-order valence-corrected chi connectivity index (χ0v) is 13.2. The van der Waals surface area contributed by atoms with Gasteiger partial charge in [-0.1, -0.05) is 42.5 Å². The summed E-state index contributed by atoms with van der Waals surface area (Å²) in [5, 5.41) is 8.40. The Morgan fingerprint density at radius 2 is 1.86 bits per heavy atom. The summed E-state index contributed by atoms with van der Waals surface area (Å²) >= 11 is 0. The molecule has 0 fully saturated rings. The van der Waals surface area contributed by atoms with Crippen molar-refractivity contribution in [3.8, 4) is 11.8 Å². The average molecular weight is 310 g/mol. The van der Waals surface area contributed by atoms with Crippen LogP contribution in [-0.2, 0) is 10.1 Å². The highest BCUT2D eigenvalue weighted by Crippen LogP contribution is 2.08. The van der Waals surface area contributed by atoms with Crippen molar-refractivity contribution in [1.82, 2.24) is 0 Å². The number of benzene rings is 1. The first-order valence-corrected chi connectivity index (χ1v) is 8.14. The fourth-order valence-corrected chi connectivity index (χ4v) is 1.70. The second-order valence-electron chi connectivity index (χ2n) is 4.23. The Labute approximate surface area is 127 Å². The average Bonchev–Trinajstić information content (AvgIpc) is 2.43. The maximum Gasteiger partial charge on any atom is 0.294 e. The highest BCUT2D eigenvalue weighted by Gasteiger charge is 2.06. The zero-order chi connectivity index (χ0) is 16.1. The summed E-state index contributed by atoms with van der Waals surface area (Å²) in [5.74, 6) is 5.81. The van der Waals surface area contributed by atoms with E-state index in [4.69, 9.17) is 9.66 Å². The second kappa shape index (κ2) is 11.1. The Bertz CT molecular complexity index is 575. The lowest BCUT2D eigenvalue weighted by Crippen LogP contribution is -1.96. The van der Waals surface area contributed by atoms with Crippen LogP contribution in [0.3, 0.4) is 0 Å². The molecule has 5 heteroatoms. The van der Waals surface area contributed by atoms with E-state index in [2.05, 4.69) is 11.8 Å². The molecule has 21 heavy (non-hydrogen) atoms. The molecule has 0 aromatic heterocycles. The fourth-order valence-electron chi connectivity index (χ4n) is 1.22. The summed E-state index contributed by atoms with van der Waals surface area (Å²) < 4.78 is 29.6. The summed E-state index contributed by atoms with van der Waals surface area (Å²) in [7, 11) is -4.02. The molecule has 116 valence electrons. The van der Waals surface area contributed by atoms with E-state index in [-0.39, 0.29) is 11.5 Å². The number of aryl methyl sites for hydroxylation is 1. The molecule has 1 aromatic carbocycles. The van der Waals surface area contributed by atoms with Crippen LogP contribution in [0.1, 0.15) is 31.7 Å². The third-order valence-corrected chi connectivity index (χ3v) is 3.20. The lowest BCUT2D eigenvalue weighted by Gasteiger charge is -1.95. The molecule has 0 spiro atoms. The smallest absolute Gasteiger partial charge is 0.294 e. The van der Waals surface area contributed by atoms with E-state index in [1.54, 1.807) is 12.1 Å². The van der Waals surface area contributed by atoms with Crippen molar-refractivity contribution in [2.75, 3.05) is 6.61 Å². The fraction of sp³-hybridized carbons (Fsp3) is 0.375. The molecular formula is C16H22O4S. The molecule has 0 saturated heterocycles. The third kappa shape index (κ3) is 10.8. The number of unbranched alkanes of at least 4 members (excludes halogenated alkanes) is 1. The first kappa shape index (κ1) is 19.4. The predicted molar refractivity (Wildman–Crippen MR) is 84.5 cm³/mol. The highest BCUT2D eigenvalue weighted by molar-refractivity contribution is 7.85. The van der Waals surface area contributed by atoms with Crippen molar-refractivity contribution in [3.63, 3.8) is 0 Å². The molecule has 0 aliphatic carbocycles. The molecule has 4 nitrogen and oxygen atoms in total. The molecule has 0 radical (unpaired) electrons. The van der Waals surface area contributed by atoms with Gasteiger partial charge in [0.25, 0.3) is 10.1 Å². The van der Waals surface area contributed by atoms with Crippen molar-refractivity contribution < 1.29 is 18.1 Å². The molecule has 0 amide bonds. The lowest BCUT2D eigenvalue weighted by molar-refractivity contribution is 0.289. The molecule has 0 aliphatic heterocycles. The molecular weight excluding hydrogens is 288 g/mol. The van der Waals surface area contributed by atoms with Crippen LogP contribution in [-0.4, -0.2) is 24.7 Å². The first-order valence-electron chi connectivity index (χ1n) is 6.70. The van der Waals surface area contributed by atoms with Gasteiger partial charge in [0.1, 0.15) is 0 Å². The second-order valence-corrected chi connectivity index (χ2v) is 5.65. The van der Waals surface area contributed by atoms with Gasteiger partial charge >= 0.3 is 0 Å². The van der Waals surface area contributed by atoms with Gasteiger partial charge in [-0.3, -0.25) is 4.55 Å². The van der Waals surface area contributed by atoms with E-state index in [1.807, 2.05) is 26.0 Å². The number of hydrogen-bond donors (Lipinski definition) is 2. The van der Waals surface area contributed by atoms with Gasteiger partial charge in [0.05, 0.1) is 4.90 Å². The summed E-state index contributed by atoms with van der Waals surface area (Å²) in [6, 6.07) is 5.99. The van der Waals surface area contributed by atoms with Gasteiger partial charge in [-0.25, -0.2) is 0 Å². The molecule has 0 unspecified atom stereocenters. The normalized spacial score (nSPS) is 10.5. The van der Waals surface area contributed by atoms with E-state index in [0.29, 0.717) is 0 Å². The van der Waals surface area contributed by atoms with Gasteiger partial charge in [0.2, 0.25) is 0 Å². The van der Waals surface area contributed by atoms with E-state index in [9.17, 15) is 8.42 Å². The van der Waals surface area contributed by atoms with Gasteiger partial charge < -0.3 is 5.11 Å². The molecule has 2 N–H and O–H groups in total. The van der Waals surface area contributed by atoms with Crippen molar-refractivity contribution in [2.24, 2.45) is 0 Å². The maximum absolute atomic E-state index is 10.5. The Kier molecular flexibility index (Phi) is 10.2. The molecule has 0 bridgehead atoms. The molecule has 1 aromatic rings. The summed E-state index contributed by atoms with van der Waals surface area (Å²) in [6.07, 6.45) is 6.50. The molecule has 0 saturated carbocycles. The Balaban J connectivity index is 0.000000384. The van der Waals surface area contributed by atoms with Crippen LogP contribution in [0.4, 0.5) is 0 Å². The van der Waals surface area contributed by atoms with Crippen LogP contribution in [0.5, 0.6) is 0 Å². The number of aliphatic hydroxyl groups is 1. The number of hydrogen-bond acceptors (Lipinski definition) is 3. The van der Waals surface area contributed by atoms with Crippen molar-refractivity contribution in [3.05, 3.63) is 42.0 Å². The van der Waals surface area contributed by atoms with Crippen molar-refractivity contribution in [1.29, 1.82) is 0 Å². The largest absolute Gasteiger partial charge is 0.396 e. The van der Waals surface area contributed by atoms with Gasteiger partial charge in [-0.05, 0) is 38.0 Å². The van der Waals surface area contributed by atoms with Crippen molar-refractivity contribution in [2.45, 2.75) is 38.0 Å². The Morgan fingerprint density at radius 1 is 1.24 bits per heavy atom. The predicted octanol–water partition coefficient (Wildman–Crippen LogP) is 2.97. The van der Waals surface area contributed by atoms with Gasteiger partial charge in [-0.2, -0.15) is 8.42 Å². The van der Waals surface area contributed by atoms with Crippen LogP contribution in [0.2, 0.25) is 0 Å². The quantitative estimate of drug-likeness (QED) is 0.509. The number of rotatable bonds is 4. The van der Waals surface area contributed by atoms with Gasteiger partial charge in [0.15, 0.2) is 0 Å². The van der Waals surface area contributed by atoms with Crippen LogP contribution in [0, 0.1) is 18.8 Å².